The minimum Gasteiger partial charge on any atom is -0.444 e. The minimum absolute atomic E-state index is 0.0371. The van der Waals surface area contributed by atoms with Gasteiger partial charge in [-0.3, -0.25) is 14.5 Å². The Hall–Kier alpha value is -3.87. The van der Waals surface area contributed by atoms with Crippen LogP contribution in [0.5, 0.6) is 0 Å². The first-order chi connectivity index (χ1) is 16.7. The Bertz CT molecular complexity index is 1320. The molecule has 0 aromatic heterocycles. The predicted molar refractivity (Wildman–Crippen MR) is 134 cm³/mol. The van der Waals surface area contributed by atoms with Crippen molar-refractivity contribution in [1.29, 1.82) is 0 Å². The van der Waals surface area contributed by atoms with E-state index in [1.165, 1.54) is 10.5 Å². The van der Waals surface area contributed by atoms with Gasteiger partial charge in [0, 0.05) is 36.3 Å². The van der Waals surface area contributed by atoms with Crippen molar-refractivity contribution in [2.75, 3.05) is 25.0 Å². The van der Waals surface area contributed by atoms with E-state index in [4.69, 9.17) is 4.74 Å². The Morgan fingerprint density at radius 2 is 1.71 bits per heavy atom. The summed E-state index contributed by atoms with van der Waals surface area (Å²) in [7, 11) is 0. The second-order valence-electron chi connectivity index (χ2n) is 10.2. The maximum atomic E-state index is 12.6. The van der Waals surface area contributed by atoms with Crippen molar-refractivity contribution in [3.8, 4) is 0 Å². The van der Waals surface area contributed by atoms with Crippen molar-refractivity contribution in [3.05, 3.63) is 76.9 Å². The topological polar surface area (TPSA) is 79.0 Å². The summed E-state index contributed by atoms with van der Waals surface area (Å²) in [4.78, 5) is 40.3. The predicted octanol–water partition coefficient (Wildman–Crippen LogP) is 4.58. The van der Waals surface area contributed by atoms with Crippen molar-refractivity contribution in [3.63, 3.8) is 0 Å². The number of hydrogen-bond acceptors (Lipinski definition) is 4. The van der Waals surface area contributed by atoms with Crippen LogP contribution in [0.15, 0.2) is 54.6 Å². The third-order valence-electron chi connectivity index (χ3n) is 6.39. The Morgan fingerprint density at radius 1 is 0.971 bits per heavy atom. The number of piperazine rings is 1. The summed E-state index contributed by atoms with van der Waals surface area (Å²) in [5.74, 6) is -0.129. The molecule has 2 heterocycles. The van der Waals surface area contributed by atoms with Crippen LogP contribution in [0.2, 0.25) is 0 Å². The van der Waals surface area contributed by atoms with Gasteiger partial charge in [-0.15, -0.1) is 0 Å². The lowest BCUT2D eigenvalue weighted by atomic mass is 9.95. The molecule has 35 heavy (non-hydrogen) atoms. The molecule has 0 unspecified atom stereocenters. The SMILES string of the molecule is CC(C)(C)OC(=O)N1CCN(Cc2ccc(Cc3ccc4c5c(cccc35)C(=O)N4)cc2)C(=O)C1. The summed E-state index contributed by atoms with van der Waals surface area (Å²) in [5.41, 5.74) is 4.39. The van der Waals surface area contributed by atoms with Crippen LogP contribution in [-0.4, -0.2) is 52.9 Å². The van der Waals surface area contributed by atoms with Crippen LogP contribution in [0.1, 0.15) is 47.8 Å². The van der Waals surface area contributed by atoms with E-state index in [9.17, 15) is 14.4 Å². The highest BCUT2D eigenvalue weighted by atomic mass is 16.6. The van der Waals surface area contributed by atoms with Crippen LogP contribution < -0.4 is 5.32 Å². The largest absolute Gasteiger partial charge is 0.444 e. The summed E-state index contributed by atoms with van der Waals surface area (Å²) in [6, 6.07) is 18.2. The van der Waals surface area contributed by atoms with E-state index in [2.05, 4.69) is 29.6 Å². The van der Waals surface area contributed by atoms with Crippen molar-refractivity contribution >= 4 is 34.4 Å². The molecule has 0 bridgehead atoms. The highest BCUT2D eigenvalue weighted by Gasteiger charge is 2.30. The molecule has 180 valence electrons. The van der Waals surface area contributed by atoms with E-state index >= 15 is 0 Å². The molecular weight excluding hydrogens is 442 g/mol. The van der Waals surface area contributed by atoms with Gasteiger partial charge in [0.15, 0.2) is 0 Å². The Kier molecular flexibility index (Phi) is 5.71. The molecule has 1 saturated heterocycles. The van der Waals surface area contributed by atoms with E-state index in [1.807, 2.05) is 51.1 Å². The maximum absolute atomic E-state index is 12.6. The maximum Gasteiger partial charge on any atom is 0.410 e. The number of amides is 3. The number of rotatable bonds is 4. The van der Waals surface area contributed by atoms with Crippen molar-refractivity contribution < 1.29 is 19.1 Å². The van der Waals surface area contributed by atoms with Gasteiger partial charge in [0.25, 0.3) is 5.91 Å². The van der Waals surface area contributed by atoms with Gasteiger partial charge >= 0.3 is 6.09 Å². The molecule has 5 rings (SSSR count). The normalized spacial score (nSPS) is 15.5. The van der Waals surface area contributed by atoms with Crippen molar-refractivity contribution in [1.82, 2.24) is 9.80 Å². The average Bonchev–Trinajstić information content (AvgIpc) is 3.14. The van der Waals surface area contributed by atoms with Gasteiger partial charge in [0.1, 0.15) is 12.1 Å². The highest BCUT2D eigenvalue weighted by molar-refractivity contribution is 6.24. The monoisotopic (exact) mass is 471 g/mol. The van der Waals surface area contributed by atoms with Gasteiger partial charge in [0.05, 0.1) is 0 Å². The molecule has 3 aromatic rings. The van der Waals surface area contributed by atoms with Gasteiger partial charge in [-0.25, -0.2) is 4.79 Å². The smallest absolute Gasteiger partial charge is 0.410 e. The summed E-state index contributed by atoms with van der Waals surface area (Å²) in [6.45, 7) is 6.93. The van der Waals surface area contributed by atoms with Crippen LogP contribution in [0, 0.1) is 0 Å². The number of benzene rings is 3. The molecular formula is C28H29N3O4. The fourth-order valence-corrected chi connectivity index (χ4v) is 4.67. The zero-order valence-corrected chi connectivity index (χ0v) is 20.3. The summed E-state index contributed by atoms with van der Waals surface area (Å²) in [6.07, 6.45) is 0.306. The van der Waals surface area contributed by atoms with Gasteiger partial charge < -0.3 is 15.0 Å². The molecule has 2 aliphatic rings. The molecule has 1 fully saturated rings. The second kappa shape index (κ2) is 8.73. The standard InChI is InChI=1S/C28H29N3O4/c1-28(2,3)35-27(34)31-14-13-30(24(32)17-31)16-19-9-7-18(8-10-19)15-20-11-12-23-25-21(20)5-4-6-22(25)26(33)29-23/h4-12H,13-17H2,1-3H3,(H,29,33). The number of nitrogens with one attached hydrogen (secondary N) is 1. The van der Waals surface area contributed by atoms with Crippen molar-refractivity contribution in [2.24, 2.45) is 0 Å². The lowest BCUT2D eigenvalue weighted by Gasteiger charge is -2.35. The first-order valence-corrected chi connectivity index (χ1v) is 11.9. The minimum atomic E-state index is -0.583. The van der Waals surface area contributed by atoms with Gasteiger partial charge in [-0.05, 0) is 61.4 Å². The number of carbonyl (C=O) groups excluding carboxylic acids is 3. The van der Waals surface area contributed by atoms with E-state index in [0.29, 0.717) is 19.6 Å². The molecule has 2 aliphatic heterocycles. The lowest BCUT2D eigenvalue weighted by Crippen LogP contribution is -2.52. The third kappa shape index (κ3) is 4.71. The van der Waals surface area contributed by atoms with Gasteiger partial charge in [0.2, 0.25) is 5.91 Å². The molecule has 0 atom stereocenters. The number of ether oxygens (including phenoxy) is 1. The van der Waals surface area contributed by atoms with Crippen LogP contribution in [-0.2, 0) is 22.5 Å². The van der Waals surface area contributed by atoms with E-state index in [-0.39, 0.29) is 18.4 Å². The molecule has 0 radical (unpaired) electrons. The zero-order chi connectivity index (χ0) is 24.7. The number of carbonyl (C=O) groups is 3. The quantitative estimate of drug-likeness (QED) is 0.604. The third-order valence-corrected chi connectivity index (χ3v) is 6.39. The summed E-state index contributed by atoms with van der Waals surface area (Å²) >= 11 is 0. The molecule has 3 amide bonds. The summed E-state index contributed by atoms with van der Waals surface area (Å²) < 4.78 is 5.39. The lowest BCUT2D eigenvalue weighted by molar-refractivity contribution is -0.136. The Balaban J connectivity index is 1.23. The van der Waals surface area contributed by atoms with Crippen molar-refractivity contribution in [2.45, 2.75) is 39.3 Å². The molecule has 7 nitrogen and oxygen atoms in total. The fourth-order valence-electron chi connectivity index (χ4n) is 4.67. The molecule has 7 heteroatoms. The second-order valence-corrected chi connectivity index (χ2v) is 10.2. The van der Waals surface area contributed by atoms with Gasteiger partial charge in [-0.1, -0.05) is 42.5 Å². The molecule has 1 N–H and O–H groups in total. The van der Waals surface area contributed by atoms with E-state index < -0.39 is 11.7 Å². The first-order valence-electron chi connectivity index (χ1n) is 11.9. The first kappa shape index (κ1) is 22.9. The molecule has 3 aromatic carbocycles. The van der Waals surface area contributed by atoms with Crippen LogP contribution in [0.25, 0.3) is 10.8 Å². The van der Waals surface area contributed by atoms with E-state index in [1.54, 1.807) is 4.90 Å². The van der Waals surface area contributed by atoms with E-state index in [0.717, 1.165) is 39.6 Å². The fraction of sp³-hybridized carbons (Fsp3) is 0.321. The van der Waals surface area contributed by atoms with Crippen LogP contribution in [0.3, 0.4) is 0 Å². The zero-order valence-electron chi connectivity index (χ0n) is 20.3. The molecule has 0 saturated carbocycles. The number of nitrogens with zero attached hydrogens (tertiary/aromatic N) is 2. The Labute approximate surface area is 204 Å². The number of anilines is 1. The average molecular weight is 472 g/mol. The van der Waals surface area contributed by atoms with Crippen LogP contribution in [0.4, 0.5) is 10.5 Å². The summed E-state index contributed by atoms with van der Waals surface area (Å²) in [5, 5.41) is 5.02. The molecule has 0 aliphatic carbocycles. The van der Waals surface area contributed by atoms with Gasteiger partial charge in [-0.2, -0.15) is 0 Å². The Morgan fingerprint density at radius 3 is 2.43 bits per heavy atom. The molecule has 0 spiro atoms. The highest BCUT2D eigenvalue weighted by Crippen LogP contribution is 2.35. The number of hydrogen-bond donors (Lipinski definition) is 1. The van der Waals surface area contributed by atoms with Crippen LogP contribution >= 0.6 is 0 Å².